The summed E-state index contributed by atoms with van der Waals surface area (Å²) in [4.78, 5) is 28.3. The van der Waals surface area contributed by atoms with Crippen LogP contribution in [0.4, 0.5) is 11.4 Å². The highest BCUT2D eigenvalue weighted by Gasteiger charge is 2.13. The number of anilines is 2. The zero-order valence-corrected chi connectivity index (χ0v) is 16.6. The van der Waals surface area contributed by atoms with Crippen molar-refractivity contribution < 1.29 is 9.59 Å². The summed E-state index contributed by atoms with van der Waals surface area (Å²) in [5.74, 6) is -0.0708. The van der Waals surface area contributed by atoms with Gasteiger partial charge in [-0.05, 0) is 49.1 Å². The van der Waals surface area contributed by atoms with Gasteiger partial charge in [0, 0.05) is 50.9 Å². The largest absolute Gasteiger partial charge is 0.372 e. The summed E-state index contributed by atoms with van der Waals surface area (Å²) in [6.07, 6.45) is 3.58. The molecule has 1 saturated heterocycles. The summed E-state index contributed by atoms with van der Waals surface area (Å²) in [5.41, 5.74) is 3.20. The predicted molar refractivity (Wildman–Crippen MR) is 114 cm³/mol. The van der Waals surface area contributed by atoms with E-state index in [9.17, 15) is 9.59 Å². The molecule has 0 bridgehead atoms. The van der Waals surface area contributed by atoms with E-state index in [0.717, 1.165) is 25.2 Å². The number of rotatable bonds is 8. The zero-order chi connectivity index (χ0) is 19.8. The van der Waals surface area contributed by atoms with Crippen LogP contribution in [0.5, 0.6) is 0 Å². The van der Waals surface area contributed by atoms with E-state index in [-0.39, 0.29) is 11.8 Å². The lowest BCUT2D eigenvalue weighted by atomic mass is 10.1. The van der Waals surface area contributed by atoms with Crippen molar-refractivity contribution in [3.05, 3.63) is 60.2 Å². The van der Waals surface area contributed by atoms with Crippen molar-refractivity contribution in [1.82, 2.24) is 4.90 Å². The second-order valence-corrected chi connectivity index (χ2v) is 7.28. The van der Waals surface area contributed by atoms with Gasteiger partial charge in [-0.3, -0.25) is 9.59 Å². The molecule has 1 heterocycles. The first-order valence-electron chi connectivity index (χ1n) is 10.1. The predicted octanol–water partition coefficient (Wildman–Crippen LogP) is 3.71. The van der Waals surface area contributed by atoms with E-state index in [0.29, 0.717) is 19.5 Å². The molecule has 0 saturated carbocycles. The van der Waals surface area contributed by atoms with Gasteiger partial charge in [-0.2, -0.15) is 0 Å². The van der Waals surface area contributed by atoms with Crippen LogP contribution in [0.3, 0.4) is 0 Å². The van der Waals surface area contributed by atoms with Crippen molar-refractivity contribution in [3.8, 4) is 0 Å². The van der Waals surface area contributed by atoms with E-state index in [1.165, 1.54) is 24.1 Å². The van der Waals surface area contributed by atoms with E-state index in [4.69, 9.17) is 0 Å². The SMILES string of the molecule is CC(=O)N(CCC(=O)Nc1ccc(N2CCCC2)cc1)CCc1ccccc1. The molecule has 1 N–H and O–H groups in total. The Hall–Kier alpha value is -2.82. The van der Waals surface area contributed by atoms with E-state index in [2.05, 4.69) is 34.5 Å². The highest BCUT2D eigenvalue weighted by Crippen LogP contribution is 2.22. The molecule has 28 heavy (non-hydrogen) atoms. The van der Waals surface area contributed by atoms with Gasteiger partial charge in [-0.1, -0.05) is 30.3 Å². The molecule has 0 aromatic heterocycles. The molecule has 0 spiro atoms. The summed E-state index contributed by atoms with van der Waals surface area (Å²) < 4.78 is 0. The van der Waals surface area contributed by atoms with Crippen molar-refractivity contribution in [3.63, 3.8) is 0 Å². The molecule has 1 aliphatic heterocycles. The maximum atomic E-state index is 12.3. The molecular weight excluding hydrogens is 350 g/mol. The van der Waals surface area contributed by atoms with Crippen molar-refractivity contribution in [2.45, 2.75) is 32.6 Å². The molecule has 2 aromatic rings. The van der Waals surface area contributed by atoms with Crippen molar-refractivity contribution in [1.29, 1.82) is 0 Å². The normalized spacial score (nSPS) is 13.4. The average Bonchev–Trinajstić information content (AvgIpc) is 3.24. The molecule has 2 amide bonds. The average molecular weight is 380 g/mol. The Morgan fingerprint density at radius 2 is 1.64 bits per heavy atom. The Kier molecular flexibility index (Phi) is 7.06. The van der Waals surface area contributed by atoms with Gasteiger partial charge in [0.05, 0.1) is 0 Å². The number of nitrogens with zero attached hydrogens (tertiary/aromatic N) is 2. The van der Waals surface area contributed by atoms with Crippen LogP contribution in [0.25, 0.3) is 0 Å². The molecule has 0 aliphatic carbocycles. The molecule has 1 fully saturated rings. The van der Waals surface area contributed by atoms with Gasteiger partial charge in [0.2, 0.25) is 11.8 Å². The van der Waals surface area contributed by atoms with Gasteiger partial charge in [-0.15, -0.1) is 0 Å². The molecule has 148 valence electrons. The molecule has 0 unspecified atom stereocenters. The van der Waals surface area contributed by atoms with Gasteiger partial charge in [0.15, 0.2) is 0 Å². The first-order valence-corrected chi connectivity index (χ1v) is 10.1. The van der Waals surface area contributed by atoms with E-state index in [1.54, 1.807) is 11.8 Å². The van der Waals surface area contributed by atoms with Crippen LogP contribution in [-0.2, 0) is 16.0 Å². The van der Waals surface area contributed by atoms with Crippen LogP contribution in [0.1, 0.15) is 31.7 Å². The summed E-state index contributed by atoms with van der Waals surface area (Å²) in [6, 6.07) is 18.1. The second kappa shape index (κ2) is 9.93. The number of carbonyl (C=O) groups excluding carboxylic acids is 2. The van der Waals surface area contributed by atoms with Crippen molar-refractivity contribution in [2.75, 3.05) is 36.4 Å². The molecule has 0 radical (unpaired) electrons. The minimum atomic E-state index is -0.0696. The highest BCUT2D eigenvalue weighted by molar-refractivity contribution is 5.91. The standard InChI is InChI=1S/C23H29N3O2/c1-19(27)25(17-13-20-7-3-2-4-8-20)18-14-23(28)24-21-9-11-22(12-10-21)26-15-5-6-16-26/h2-4,7-12H,5-6,13-18H2,1H3,(H,24,28). The van der Waals surface area contributed by atoms with E-state index < -0.39 is 0 Å². The Balaban J connectivity index is 1.45. The van der Waals surface area contributed by atoms with E-state index in [1.807, 2.05) is 30.3 Å². The molecular formula is C23H29N3O2. The minimum absolute atomic E-state index is 0.00121. The first kappa shape index (κ1) is 19.9. The van der Waals surface area contributed by atoms with Crippen LogP contribution in [-0.4, -0.2) is 42.9 Å². The van der Waals surface area contributed by atoms with Crippen LogP contribution in [0, 0.1) is 0 Å². The molecule has 3 rings (SSSR count). The Bertz CT molecular complexity index is 768. The fourth-order valence-electron chi connectivity index (χ4n) is 3.53. The van der Waals surface area contributed by atoms with Gasteiger partial charge in [0.1, 0.15) is 0 Å². The highest BCUT2D eigenvalue weighted by atomic mass is 16.2. The molecule has 1 aliphatic rings. The number of carbonyl (C=O) groups is 2. The van der Waals surface area contributed by atoms with Crippen molar-refractivity contribution >= 4 is 23.2 Å². The molecule has 0 atom stereocenters. The van der Waals surface area contributed by atoms with E-state index >= 15 is 0 Å². The number of nitrogens with one attached hydrogen (secondary N) is 1. The molecule has 5 heteroatoms. The van der Waals surface area contributed by atoms with Gasteiger partial charge >= 0.3 is 0 Å². The maximum absolute atomic E-state index is 12.3. The van der Waals surface area contributed by atoms with Crippen LogP contribution >= 0.6 is 0 Å². The quantitative estimate of drug-likeness (QED) is 0.761. The summed E-state index contributed by atoms with van der Waals surface area (Å²) in [5, 5.41) is 2.93. The first-order chi connectivity index (χ1) is 13.6. The third-order valence-electron chi connectivity index (χ3n) is 5.19. The third-order valence-corrected chi connectivity index (χ3v) is 5.19. The summed E-state index contributed by atoms with van der Waals surface area (Å²) in [6.45, 7) is 4.82. The third kappa shape index (κ3) is 5.84. The maximum Gasteiger partial charge on any atom is 0.226 e. The minimum Gasteiger partial charge on any atom is -0.372 e. The molecule has 2 aromatic carbocycles. The monoisotopic (exact) mass is 379 g/mol. The second-order valence-electron chi connectivity index (χ2n) is 7.28. The number of amides is 2. The van der Waals surface area contributed by atoms with Crippen LogP contribution in [0.2, 0.25) is 0 Å². The fourth-order valence-corrected chi connectivity index (χ4v) is 3.53. The van der Waals surface area contributed by atoms with Gasteiger partial charge in [-0.25, -0.2) is 0 Å². The number of hydrogen-bond donors (Lipinski definition) is 1. The summed E-state index contributed by atoms with van der Waals surface area (Å²) >= 11 is 0. The Morgan fingerprint density at radius 1 is 0.964 bits per heavy atom. The number of benzene rings is 2. The zero-order valence-electron chi connectivity index (χ0n) is 16.6. The lowest BCUT2D eigenvalue weighted by Crippen LogP contribution is -2.33. The molecule has 5 nitrogen and oxygen atoms in total. The van der Waals surface area contributed by atoms with Crippen LogP contribution in [0.15, 0.2) is 54.6 Å². The lowest BCUT2D eigenvalue weighted by Gasteiger charge is -2.21. The summed E-state index contributed by atoms with van der Waals surface area (Å²) in [7, 11) is 0. The fraction of sp³-hybridized carbons (Fsp3) is 0.391. The van der Waals surface area contributed by atoms with Gasteiger partial charge < -0.3 is 15.1 Å². The van der Waals surface area contributed by atoms with Crippen molar-refractivity contribution in [2.24, 2.45) is 0 Å². The topological polar surface area (TPSA) is 52.7 Å². The Labute approximate surface area is 167 Å². The van der Waals surface area contributed by atoms with Crippen LogP contribution < -0.4 is 10.2 Å². The smallest absolute Gasteiger partial charge is 0.226 e. The Morgan fingerprint density at radius 3 is 2.29 bits per heavy atom. The number of hydrogen-bond acceptors (Lipinski definition) is 3. The van der Waals surface area contributed by atoms with Gasteiger partial charge in [0.25, 0.3) is 0 Å². The lowest BCUT2D eigenvalue weighted by molar-refractivity contribution is -0.129.